The number of hydrogen-bond donors (Lipinski definition) is 1. The van der Waals surface area contributed by atoms with Crippen molar-refractivity contribution in [3.8, 4) is 0 Å². The second-order valence-electron chi connectivity index (χ2n) is 5.89. The van der Waals surface area contributed by atoms with Crippen molar-refractivity contribution in [2.45, 2.75) is 25.9 Å². The number of benzene rings is 1. The summed E-state index contributed by atoms with van der Waals surface area (Å²) < 4.78 is 0. The highest BCUT2D eigenvalue weighted by Gasteiger charge is 2.21. The van der Waals surface area contributed by atoms with E-state index in [-0.39, 0.29) is 0 Å². The van der Waals surface area contributed by atoms with Gasteiger partial charge in [-0.05, 0) is 24.5 Å². The number of piperazine rings is 1. The molecule has 0 bridgehead atoms. The van der Waals surface area contributed by atoms with Crippen molar-refractivity contribution in [1.82, 2.24) is 15.1 Å². The zero-order chi connectivity index (χ0) is 13.1. The van der Waals surface area contributed by atoms with E-state index in [9.17, 15) is 0 Å². The molecule has 3 nitrogen and oxygen atoms in total. The van der Waals surface area contributed by atoms with Crippen molar-refractivity contribution < 1.29 is 0 Å². The van der Waals surface area contributed by atoms with E-state index in [2.05, 4.69) is 46.3 Å². The fourth-order valence-corrected chi connectivity index (χ4v) is 3.32. The number of nitrogens with one attached hydrogen (secondary N) is 1. The van der Waals surface area contributed by atoms with Crippen LogP contribution in [0.3, 0.4) is 0 Å². The molecule has 1 saturated heterocycles. The van der Waals surface area contributed by atoms with Gasteiger partial charge in [-0.2, -0.15) is 0 Å². The lowest BCUT2D eigenvalue weighted by Crippen LogP contribution is -2.51. The molecule has 0 aromatic heterocycles. The topological polar surface area (TPSA) is 18.5 Å². The van der Waals surface area contributed by atoms with Gasteiger partial charge in [0.15, 0.2) is 0 Å². The van der Waals surface area contributed by atoms with Crippen LogP contribution in [0.4, 0.5) is 0 Å². The lowest BCUT2D eigenvalue weighted by Gasteiger charge is -2.37. The fourth-order valence-electron chi connectivity index (χ4n) is 3.32. The summed E-state index contributed by atoms with van der Waals surface area (Å²) in [5, 5.41) is 3.43. The van der Waals surface area contributed by atoms with E-state index in [1.807, 2.05) is 0 Å². The highest BCUT2D eigenvalue weighted by molar-refractivity contribution is 5.29. The Labute approximate surface area is 116 Å². The van der Waals surface area contributed by atoms with Crippen molar-refractivity contribution in [3.63, 3.8) is 0 Å². The van der Waals surface area contributed by atoms with Crippen LogP contribution in [0.1, 0.15) is 18.1 Å². The minimum Gasteiger partial charge on any atom is -0.314 e. The Balaban J connectivity index is 1.56. The van der Waals surface area contributed by atoms with Crippen LogP contribution < -0.4 is 5.32 Å². The maximum Gasteiger partial charge on any atom is 0.0237 e. The average molecular weight is 259 g/mol. The van der Waals surface area contributed by atoms with Gasteiger partial charge in [0.25, 0.3) is 0 Å². The highest BCUT2D eigenvalue weighted by Crippen LogP contribution is 2.19. The van der Waals surface area contributed by atoms with Gasteiger partial charge in [0.2, 0.25) is 0 Å². The predicted molar refractivity (Wildman–Crippen MR) is 79.3 cm³/mol. The Morgan fingerprint density at radius 1 is 1.11 bits per heavy atom. The molecule has 1 N–H and O–H groups in total. The summed E-state index contributed by atoms with van der Waals surface area (Å²) >= 11 is 0. The number of rotatable bonds is 3. The lowest BCUT2D eigenvalue weighted by molar-refractivity contribution is 0.128. The molecule has 0 radical (unpaired) electrons. The third-order valence-electron chi connectivity index (χ3n) is 4.51. The third kappa shape index (κ3) is 3.16. The van der Waals surface area contributed by atoms with Crippen LogP contribution in [0.15, 0.2) is 24.3 Å². The molecule has 3 heteroatoms. The Kier molecular flexibility index (Phi) is 4.16. The fraction of sp³-hybridized carbons (Fsp3) is 0.625. The molecule has 2 aliphatic heterocycles. The van der Waals surface area contributed by atoms with Gasteiger partial charge in [-0.15, -0.1) is 0 Å². The minimum atomic E-state index is 0.673. The van der Waals surface area contributed by atoms with Gasteiger partial charge in [-0.3, -0.25) is 9.80 Å². The number of nitrogens with zero attached hydrogens (tertiary/aromatic N) is 2. The molecule has 0 saturated carbocycles. The van der Waals surface area contributed by atoms with E-state index < -0.39 is 0 Å². The van der Waals surface area contributed by atoms with Crippen molar-refractivity contribution in [2.24, 2.45) is 0 Å². The van der Waals surface area contributed by atoms with E-state index in [1.54, 1.807) is 5.56 Å². The molecule has 2 heterocycles. The molecule has 0 amide bonds. The minimum absolute atomic E-state index is 0.673. The van der Waals surface area contributed by atoms with Crippen LogP contribution in [0.25, 0.3) is 0 Å². The molecule has 3 rings (SSSR count). The maximum atomic E-state index is 3.43. The summed E-state index contributed by atoms with van der Waals surface area (Å²) in [5.74, 6) is 0. The molecule has 1 aromatic carbocycles. The summed E-state index contributed by atoms with van der Waals surface area (Å²) in [4.78, 5) is 5.24. The second kappa shape index (κ2) is 6.04. The van der Waals surface area contributed by atoms with Crippen LogP contribution in [-0.2, 0) is 13.0 Å². The first-order chi connectivity index (χ1) is 9.33. The molecule has 1 atom stereocenters. The Morgan fingerprint density at radius 3 is 2.63 bits per heavy atom. The first-order valence-corrected chi connectivity index (χ1v) is 7.57. The van der Waals surface area contributed by atoms with Crippen molar-refractivity contribution in [1.29, 1.82) is 0 Å². The summed E-state index contributed by atoms with van der Waals surface area (Å²) in [6.07, 6.45) is 1.21. The Morgan fingerprint density at radius 2 is 1.84 bits per heavy atom. The summed E-state index contributed by atoms with van der Waals surface area (Å²) in [5.41, 5.74) is 3.08. The van der Waals surface area contributed by atoms with E-state index in [0.29, 0.717) is 6.04 Å². The second-order valence-corrected chi connectivity index (χ2v) is 5.89. The van der Waals surface area contributed by atoms with Crippen molar-refractivity contribution in [3.05, 3.63) is 35.4 Å². The average Bonchev–Trinajstić information content (AvgIpc) is 2.48. The van der Waals surface area contributed by atoms with E-state index in [0.717, 1.165) is 19.6 Å². The van der Waals surface area contributed by atoms with Crippen LogP contribution in [0.5, 0.6) is 0 Å². The molecule has 0 spiro atoms. The van der Waals surface area contributed by atoms with E-state index in [4.69, 9.17) is 0 Å². The van der Waals surface area contributed by atoms with Crippen molar-refractivity contribution in [2.75, 3.05) is 39.3 Å². The monoisotopic (exact) mass is 259 g/mol. The highest BCUT2D eigenvalue weighted by atomic mass is 15.2. The lowest BCUT2D eigenvalue weighted by atomic mass is 9.99. The van der Waals surface area contributed by atoms with Gasteiger partial charge in [-0.1, -0.05) is 24.3 Å². The normalized spacial score (nSPS) is 23.0. The largest absolute Gasteiger partial charge is 0.314 e. The molecular formula is C16H25N3. The zero-order valence-electron chi connectivity index (χ0n) is 11.9. The first kappa shape index (κ1) is 13.1. The number of hydrogen-bond acceptors (Lipinski definition) is 3. The van der Waals surface area contributed by atoms with Crippen LogP contribution in [0, 0.1) is 0 Å². The summed E-state index contributed by atoms with van der Waals surface area (Å²) in [7, 11) is 0. The molecule has 104 valence electrons. The van der Waals surface area contributed by atoms with E-state index in [1.165, 1.54) is 38.2 Å². The van der Waals surface area contributed by atoms with Crippen LogP contribution in [0.2, 0.25) is 0 Å². The van der Waals surface area contributed by atoms with Crippen LogP contribution in [-0.4, -0.2) is 55.1 Å². The predicted octanol–water partition coefficient (Wildman–Crippen LogP) is 1.34. The SMILES string of the molecule is CC(CN1CCc2ccccc2C1)N1CCNCC1. The van der Waals surface area contributed by atoms with Gasteiger partial charge in [0, 0.05) is 51.9 Å². The Bertz CT molecular complexity index is 412. The molecule has 1 unspecified atom stereocenters. The molecule has 1 fully saturated rings. The van der Waals surface area contributed by atoms with Gasteiger partial charge in [0.05, 0.1) is 0 Å². The van der Waals surface area contributed by atoms with Crippen molar-refractivity contribution >= 4 is 0 Å². The smallest absolute Gasteiger partial charge is 0.0237 e. The molecule has 1 aromatic rings. The van der Waals surface area contributed by atoms with Gasteiger partial charge >= 0.3 is 0 Å². The van der Waals surface area contributed by atoms with E-state index >= 15 is 0 Å². The maximum absolute atomic E-state index is 3.43. The first-order valence-electron chi connectivity index (χ1n) is 7.57. The Hall–Kier alpha value is -0.900. The number of fused-ring (bicyclic) bond motifs is 1. The quantitative estimate of drug-likeness (QED) is 0.884. The van der Waals surface area contributed by atoms with Crippen LogP contribution >= 0.6 is 0 Å². The third-order valence-corrected chi connectivity index (χ3v) is 4.51. The zero-order valence-corrected chi connectivity index (χ0v) is 11.9. The summed E-state index contributed by atoms with van der Waals surface area (Å²) in [6.45, 7) is 10.6. The van der Waals surface area contributed by atoms with Gasteiger partial charge in [0.1, 0.15) is 0 Å². The van der Waals surface area contributed by atoms with Gasteiger partial charge < -0.3 is 5.32 Å². The molecule has 2 aliphatic rings. The summed E-state index contributed by atoms with van der Waals surface area (Å²) in [6, 6.07) is 9.58. The standard InChI is InChI=1S/C16H25N3/c1-14(19-10-7-17-8-11-19)12-18-9-6-15-4-2-3-5-16(15)13-18/h2-5,14,17H,6-13H2,1H3. The molecular weight excluding hydrogens is 234 g/mol. The molecule has 0 aliphatic carbocycles. The molecule has 19 heavy (non-hydrogen) atoms. The van der Waals surface area contributed by atoms with Gasteiger partial charge in [-0.25, -0.2) is 0 Å².